The average molecular weight is 804 g/mol. The van der Waals surface area contributed by atoms with Crippen molar-refractivity contribution < 1.29 is 47.0 Å². The van der Waals surface area contributed by atoms with Crippen LogP contribution in [0.5, 0.6) is 0 Å². The van der Waals surface area contributed by atoms with Gasteiger partial charge in [0.15, 0.2) is 11.6 Å². The number of carbonyl (C=O) groups excluding carboxylic acids is 5. The first-order chi connectivity index (χ1) is 27.9. The molecule has 0 spiro atoms. The molecule has 2 fully saturated rings. The summed E-state index contributed by atoms with van der Waals surface area (Å²) in [6.45, 7) is 4.04. The van der Waals surface area contributed by atoms with Gasteiger partial charge in [0.1, 0.15) is 24.1 Å². The summed E-state index contributed by atoms with van der Waals surface area (Å²) >= 11 is 0. The Hall–Kier alpha value is -6.10. The van der Waals surface area contributed by atoms with Crippen LogP contribution in [0.2, 0.25) is 0 Å². The molecule has 2 atom stereocenters. The van der Waals surface area contributed by atoms with E-state index in [9.17, 15) is 28.4 Å². The number of nitrogens with one attached hydrogen (secondary N) is 5. The molecule has 306 valence electrons. The number of benzene rings is 1. The van der Waals surface area contributed by atoms with Crippen molar-refractivity contribution >= 4 is 52.5 Å². The zero-order chi connectivity index (χ0) is 41.4. The van der Waals surface area contributed by atoms with Gasteiger partial charge in [-0.1, -0.05) is 6.07 Å². The Balaban J connectivity index is 0.874. The topological polar surface area (TPSA) is 226 Å². The third-order valence-corrected chi connectivity index (χ3v) is 9.60. The Morgan fingerprint density at radius 3 is 2.50 bits per heavy atom. The van der Waals surface area contributed by atoms with Crippen LogP contribution in [0.3, 0.4) is 0 Å². The normalized spacial score (nSPS) is 17.0. The van der Waals surface area contributed by atoms with E-state index in [4.69, 9.17) is 19.5 Å². The number of pyridine rings is 2. The van der Waals surface area contributed by atoms with Gasteiger partial charge in [-0.05, 0) is 51.3 Å². The molecule has 3 aliphatic rings. The number of carbonyl (C=O) groups is 5. The predicted octanol–water partition coefficient (Wildman–Crippen LogP) is 3.21. The Morgan fingerprint density at radius 2 is 1.78 bits per heavy atom. The van der Waals surface area contributed by atoms with Crippen LogP contribution in [0.25, 0.3) is 0 Å². The number of aromatic nitrogens is 2. The van der Waals surface area contributed by atoms with Crippen LogP contribution in [0, 0.1) is 17.1 Å². The van der Waals surface area contributed by atoms with E-state index in [1.165, 1.54) is 18.5 Å². The lowest BCUT2D eigenvalue weighted by molar-refractivity contribution is -0.136. The van der Waals surface area contributed by atoms with E-state index >= 15 is 4.39 Å². The molecule has 1 saturated carbocycles. The first-order valence-corrected chi connectivity index (χ1v) is 18.8. The zero-order valence-electron chi connectivity index (χ0n) is 31.9. The molecule has 3 aromatic rings. The summed E-state index contributed by atoms with van der Waals surface area (Å²) in [6, 6.07) is 8.31. The molecule has 1 aromatic carbocycles. The first kappa shape index (κ1) is 41.5. The molecule has 6 rings (SSSR count). The third kappa shape index (κ3) is 10.1. The van der Waals surface area contributed by atoms with E-state index in [2.05, 4.69) is 36.6 Å². The van der Waals surface area contributed by atoms with E-state index in [-0.39, 0.29) is 92.4 Å². The van der Waals surface area contributed by atoms with Gasteiger partial charge in [0, 0.05) is 43.2 Å². The molecule has 58 heavy (non-hydrogen) atoms. The number of halogens is 2. The minimum Gasteiger partial charge on any atom is -0.382 e. The van der Waals surface area contributed by atoms with Gasteiger partial charge in [-0.15, -0.1) is 0 Å². The number of imide groups is 2. The summed E-state index contributed by atoms with van der Waals surface area (Å²) in [4.78, 5) is 72.3. The summed E-state index contributed by atoms with van der Waals surface area (Å²) < 4.78 is 46.6. The summed E-state index contributed by atoms with van der Waals surface area (Å²) in [5, 5.41) is 22.8. The number of fused-ring (bicyclic) bond motifs is 1. The predicted molar refractivity (Wildman–Crippen MR) is 204 cm³/mol. The molecule has 2 aliphatic heterocycles. The fourth-order valence-corrected chi connectivity index (χ4v) is 6.20. The van der Waals surface area contributed by atoms with Crippen molar-refractivity contribution in [3.05, 3.63) is 70.8 Å². The lowest BCUT2D eigenvalue weighted by atomic mass is 10.0. The molecule has 0 radical (unpaired) electrons. The zero-order valence-corrected chi connectivity index (χ0v) is 31.9. The second-order valence-corrected chi connectivity index (χ2v) is 14.3. The van der Waals surface area contributed by atoms with E-state index in [0.717, 1.165) is 23.8 Å². The monoisotopic (exact) mass is 803 g/mol. The van der Waals surface area contributed by atoms with Crippen molar-refractivity contribution in [2.24, 2.45) is 0 Å². The van der Waals surface area contributed by atoms with Crippen LogP contribution in [0.4, 0.5) is 31.8 Å². The van der Waals surface area contributed by atoms with E-state index in [1.807, 2.05) is 6.07 Å². The Bertz CT molecular complexity index is 2110. The summed E-state index contributed by atoms with van der Waals surface area (Å²) in [5.41, 5.74) is 0.167. The number of rotatable bonds is 20. The summed E-state index contributed by atoms with van der Waals surface area (Å²) in [5.74, 6) is -3.54. The smallest absolute Gasteiger partial charge is 0.264 e. The van der Waals surface area contributed by atoms with Crippen LogP contribution in [0.15, 0.2) is 42.7 Å². The number of ether oxygens (including phenoxy) is 3. The number of anilines is 4. The molecule has 1 saturated heterocycles. The van der Waals surface area contributed by atoms with Crippen molar-refractivity contribution in [2.45, 2.75) is 63.4 Å². The molecule has 4 heterocycles. The molecule has 5 N–H and O–H groups in total. The third-order valence-electron chi connectivity index (χ3n) is 9.60. The van der Waals surface area contributed by atoms with Gasteiger partial charge in [0.05, 0.1) is 73.1 Å². The van der Waals surface area contributed by atoms with Gasteiger partial charge in [0.2, 0.25) is 11.8 Å². The second kappa shape index (κ2) is 18.4. The molecule has 1 aliphatic carbocycles. The van der Waals surface area contributed by atoms with Crippen LogP contribution in [-0.4, -0.2) is 114 Å². The number of nitriles is 1. The standard InChI is InChI=1S/C39H43F2N9O8/c1-39(2,30(41)21-46-35(52)25-20-44-31(17-28(25)47-23-6-7-23)48-34-26(40)16-22(18-42)19-45-34)58-15-14-57-13-12-56-11-10-43-27-5-3-4-24-33(27)38(55)50(37(24)54)29-8-9-32(51)49-36(29)53/h3-5,16-17,19-20,23,29-30,43H,6-15,21H2,1-2H3,(H,46,52)(H,49,51,53)(H2,44,45,47,48). The van der Waals surface area contributed by atoms with E-state index < -0.39 is 53.2 Å². The number of piperidine rings is 1. The minimum absolute atomic E-state index is 0.0321. The van der Waals surface area contributed by atoms with Gasteiger partial charge in [-0.2, -0.15) is 5.26 Å². The lowest BCUT2D eigenvalue weighted by Gasteiger charge is -2.29. The van der Waals surface area contributed by atoms with Crippen molar-refractivity contribution in [1.29, 1.82) is 5.26 Å². The maximum atomic E-state index is 15.3. The van der Waals surface area contributed by atoms with Crippen molar-refractivity contribution in [3.63, 3.8) is 0 Å². The van der Waals surface area contributed by atoms with Crippen LogP contribution >= 0.6 is 0 Å². The van der Waals surface area contributed by atoms with Gasteiger partial charge in [-0.3, -0.25) is 34.2 Å². The highest BCUT2D eigenvalue weighted by atomic mass is 19.1. The van der Waals surface area contributed by atoms with Crippen LogP contribution in [0.1, 0.15) is 76.2 Å². The Kier molecular flexibility index (Phi) is 13.2. The summed E-state index contributed by atoms with van der Waals surface area (Å²) in [6.07, 6.45) is 2.86. The van der Waals surface area contributed by atoms with E-state index in [1.54, 1.807) is 32.0 Å². The molecule has 17 nitrogen and oxygen atoms in total. The SMILES string of the molecule is CC(C)(OCCOCCOCCNc1cccc2c1C(=O)N(C1CCC(=O)NC1=O)C2=O)C(F)CNC(=O)c1cnc(Nc2ncc(C#N)cc2F)cc1NC1CC1. The van der Waals surface area contributed by atoms with Crippen molar-refractivity contribution in [3.8, 4) is 6.07 Å². The molecule has 2 unspecified atom stereocenters. The maximum Gasteiger partial charge on any atom is 0.264 e. The summed E-state index contributed by atoms with van der Waals surface area (Å²) in [7, 11) is 0. The van der Waals surface area contributed by atoms with Gasteiger partial charge >= 0.3 is 0 Å². The number of amides is 5. The molecular formula is C39H43F2N9O8. The van der Waals surface area contributed by atoms with Gasteiger partial charge < -0.3 is 35.5 Å². The fourth-order valence-electron chi connectivity index (χ4n) is 6.20. The highest BCUT2D eigenvalue weighted by Gasteiger charge is 2.45. The number of hydrogen-bond acceptors (Lipinski definition) is 14. The highest BCUT2D eigenvalue weighted by Crippen LogP contribution is 2.33. The quantitative estimate of drug-likeness (QED) is 0.0817. The first-order valence-electron chi connectivity index (χ1n) is 18.8. The molecular weight excluding hydrogens is 760 g/mol. The van der Waals surface area contributed by atoms with Crippen molar-refractivity contribution in [1.82, 2.24) is 25.5 Å². The maximum absolute atomic E-state index is 15.3. The second-order valence-electron chi connectivity index (χ2n) is 14.3. The molecule has 19 heteroatoms. The fraction of sp³-hybridized carbons (Fsp3) is 0.436. The van der Waals surface area contributed by atoms with Gasteiger partial charge in [-0.25, -0.2) is 18.7 Å². The molecule has 2 aromatic heterocycles. The number of nitrogens with zero attached hydrogens (tertiary/aromatic N) is 4. The van der Waals surface area contributed by atoms with Crippen LogP contribution in [-0.2, 0) is 23.8 Å². The largest absolute Gasteiger partial charge is 0.382 e. The highest BCUT2D eigenvalue weighted by molar-refractivity contribution is 6.25. The Labute approximate surface area is 332 Å². The van der Waals surface area contributed by atoms with Gasteiger partial charge in [0.25, 0.3) is 17.7 Å². The molecule has 5 amide bonds. The van der Waals surface area contributed by atoms with Crippen molar-refractivity contribution in [2.75, 3.05) is 62.1 Å². The van der Waals surface area contributed by atoms with Crippen LogP contribution < -0.4 is 26.6 Å². The molecule has 0 bridgehead atoms. The minimum atomic E-state index is -1.58. The van der Waals surface area contributed by atoms with E-state index in [0.29, 0.717) is 17.9 Å². The average Bonchev–Trinajstić information content (AvgIpc) is 3.98. The number of hydrogen-bond donors (Lipinski definition) is 5. The lowest BCUT2D eigenvalue weighted by Crippen LogP contribution is -2.54. The Morgan fingerprint density at radius 1 is 1.02 bits per heavy atom. The number of alkyl halides is 1.